The molecule has 28 heavy (non-hydrogen) atoms. The zero-order valence-corrected chi connectivity index (χ0v) is 17.2. The van der Waals surface area contributed by atoms with E-state index in [2.05, 4.69) is 19.2 Å². The third-order valence-electron chi connectivity index (χ3n) is 4.24. The molecule has 0 spiro atoms. The lowest BCUT2D eigenvalue weighted by atomic mass is 9.73. The van der Waals surface area contributed by atoms with Gasteiger partial charge in [0.05, 0.1) is 11.5 Å². The topological polar surface area (TPSA) is 108 Å². The highest BCUT2D eigenvalue weighted by Crippen LogP contribution is 2.36. The highest BCUT2D eigenvalue weighted by Gasteiger charge is 2.30. The van der Waals surface area contributed by atoms with E-state index in [1.807, 2.05) is 13.8 Å². The summed E-state index contributed by atoms with van der Waals surface area (Å²) < 4.78 is 10.1. The summed E-state index contributed by atoms with van der Waals surface area (Å²) in [6.45, 7) is 10.8. The van der Waals surface area contributed by atoms with E-state index in [0.29, 0.717) is 26.0 Å². The lowest BCUT2D eigenvalue weighted by Gasteiger charge is -2.35. The Bertz CT molecular complexity index is 682. The van der Waals surface area contributed by atoms with E-state index in [4.69, 9.17) is 9.47 Å². The average molecular weight is 394 g/mol. The van der Waals surface area contributed by atoms with Crippen LogP contribution in [0, 0.1) is 20.9 Å². The van der Waals surface area contributed by atoms with E-state index < -0.39 is 11.0 Å². The molecule has 156 valence electrons. The van der Waals surface area contributed by atoms with Crippen molar-refractivity contribution in [3.05, 3.63) is 34.4 Å². The van der Waals surface area contributed by atoms with Gasteiger partial charge in [-0.3, -0.25) is 14.9 Å². The minimum absolute atomic E-state index is 0.0704. The summed E-state index contributed by atoms with van der Waals surface area (Å²) in [5.41, 5.74) is -0.383. The second kappa shape index (κ2) is 10.1. The van der Waals surface area contributed by atoms with Gasteiger partial charge in [0.15, 0.2) is 0 Å². The summed E-state index contributed by atoms with van der Waals surface area (Å²) in [7, 11) is 0. The number of nitro benzene ring substituents is 1. The summed E-state index contributed by atoms with van der Waals surface area (Å²) >= 11 is 0. The summed E-state index contributed by atoms with van der Waals surface area (Å²) in [6, 6.07) is 5.31. The predicted octanol–water partition coefficient (Wildman–Crippen LogP) is 4.47. The summed E-state index contributed by atoms with van der Waals surface area (Å²) in [5.74, 6) is 0.0360. The first-order chi connectivity index (χ1) is 12.9. The van der Waals surface area contributed by atoms with Crippen molar-refractivity contribution in [2.24, 2.45) is 10.8 Å². The maximum atomic E-state index is 12.0. The van der Waals surface area contributed by atoms with Crippen LogP contribution in [0.3, 0.4) is 0 Å². The minimum atomic E-state index is -0.619. The van der Waals surface area contributed by atoms with Gasteiger partial charge in [-0.15, -0.1) is 0 Å². The first-order valence-corrected chi connectivity index (χ1v) is 9.30. The Labute approximate surface area is 165 Å². The van der Waals surface area contributed by atoms with Crippen LogP contribution >= 0.6 is 0 Å². The Morgan fingerprint density at radius 3 is 2.25 bits per heavy atom. The molecule has 1 rings (SSSR count). The molecule has 0 heterocycles. The number of hydrogen-bond acceptors (Lipinski definition) is 6. The van der Waals surface area contributed by atoms with E-state index >= 15 is 0 Å². The van der Waals surface area contributed by atoms with Gasteiger partial charge in [0.2, 0.25) is 0 Å². The number of esters is 1. The van der Waals surface area contributed by atoms with Crippen molar-refractivity contribution in [1.29, 1.82) is 0 Å². The highest BCUT2D eigenvalue weighted by molar-refractivity contribution is 5.70. The normalized spacial score (nSPS) is 11.6. The van der Waals surface area contributed by atoms with Crippen LogP contribution in [-0.2, 0) is 9.53 Å². The summed E-state index contributed by atoms with van der Waals surface area (Å²) in [4.78, 5) is 33.7. The minimum Gasteiger partial charge on any atom is -0.466 e. The first kappa shape index (κ1) is 23.4. The van der Waals surface area contributed by atoms with Crippen LogP contribution in [-0.4, -0.2) is 30.1 Å². The number of nitro groups is 1. The van der Waals surface area contributed by atoms with Crippen LogP contribution in [0.5, 0.6) is 5.75 Å². The monoisotopic (exact) mass is 394 g/mol. The molecule has 0 bridgehead atoms. The van der Waals surface area contributed by atoms with E-state index in [1.165, 1.54) is 24.3 Å². The highest BCUT2D eigenvalue weighted by atomic mass is 16.6. The van der Waals surface area contributed by atoms with Crippen molar-refractivity contribution >= 4 is 17.7 Å². The Hall–Kier alpha value is -2.64. The van der Waals surface area contributed by atoms with Gasteiger partial charge in [-0.05, 0) is 42.7 Å². The molecule has 1 N–H and O–H groups in total. The van der Waals surface area contributed by atoms with Crippen molar-refractivity contribution in [2.75, 3.05) is 13.2 Å². The van der Waals surface area contributed by atoms with Crippen LogP contribution in [0.2, 0.25) is 0 Å². The van der Waals surface area contributed by atoms with E-state index in [-0.39, 0.29) is 28.2 Å². The van der Waals surface area contributed by atoms with Crippen LogP contribution in [0.4, 0.5) is 10.5 Å². The molecule has 1 amide bonds. The molecule has 1 aromatic rings. The predicted molar refractivity (Wildman–Crippen MR) is 105 cm³/mol. The third-order valence-corrected chi connectivity index (χ3v) is 4.24. The quantitative estimate of drug-likeness (QED) is 0.356. The molecule has 0 aliphatic carbocycles. The smallest absolute Gasteiger partial charge is 0.412 e. The molecule has 0 radical (unpaired) electrons. The van der Waals surface area contributed by atoms with Crippen molar-refractivity contribution in [1.82, 2.24) is 5.32 Å². The molecule has 0 unspecified atom stereocenters. The number of carbonyl (C=O) groups excluding carboxylic acids is 2. The number of non-ortho nitro benzene ring substituents is 1. The molecule has 8 heteroatoms. The van der Waals surface area contributed by atoms with Crippen molar-refractivity contribution < 1.29 is 24.0 Å². The molecule has 8 nitrogen and oxygen atoms in total. The molecule has 0 aromatic heterocycles. The third kappa shape index (κ3) is 8.83. The average Bonchev–Trinajstić information content (AvgIpc) is 2.58. The Morgan fingerprint density at radius 1 is 1.11 bits per heavy atom. The number of benzene rings is 1. The number of hydrogen-bond donors (Lipinski definition) is 1. The largest absolute Gasteiger partial charge is 0.466 e. The first-order valence-electron chi connectivity index (χ1n) is 9.30. The van der Waals surface area contributed by atoms with Crippen molar-refractivity contribution in [3.8, 4) is 5.75 Å². The number of nitrogens with zero attached hydrogens (tertiary/aromatic N) is 1. The van der Waals surface area contributed by atoms with Crippen LogP contribution in [0.15, 0.2) is 24.3 Å². The van der Waals surface area contributed by atoms with Gasteiger partial charge in [0.1, 0.15) is 5.75 Å². The number of ether oxygens (including phenoxy) is 2. The molecule has 0 atom stereocenters. The summed E-state index contributed by atoms with van der Waals surface area (Å²) in [6.07, 6.45) is 1.23. The Morgan fingerprint density at radius 2 is 1.71 bits per heavy atom. The fourth-order valence-electron chi connectivity index (χ4n) is 3.21. The van der Waals surface area contributed by atoms with Crippen LogP contribution < -0.4 is 10.1 Å². The maximum absolute atomic E-state index is 12.0. The molecule has 1 aromatic carbocycles. The van der Waals surface area contributed by atoms with Crippen molar-refractivity contribution in [3.63, 3.8) is 0 Å². The molecular weight excluding hydrogens is 364 g/mol. The molecule has 0 saturated heterocycles. The van der Waals surface area contributed by atoms with Gasteiger partial charge in [-0.1, -0.05) is 27.7 Å². The molecule has 0 aliphatic heterocycles. The Balaban J connectivity index is 2.49. The van der Waals surface area contributed by atoms with Gasteiger partial charge in [0, 0.05) is 25.1 Å². The van der Waals surface area contributed by atoms with Crippen molar-refractivity contribution in [2.45, 2.75) is 53.9 Å². The lowest BCUT2D eigenvalue weighted by molar-refractivity contribution is -0.384. The fraction of sp³-hybridized carbons (Fsp3) is 0.600. The zero-order valence-electron chi connectivity index (χ0n) is 17.2. The van der Waals surface area contributed by atoms with Crippen LogP contribution in [0.25, 0.3) is 0 Å². The molecule has 0 fully saturated rings. The standard InChI is InChI=1S/C20H30N2O6/c1-6-27-17(23)11-12-19(2,3)13-20(4,5)14-21-18(24)28-16-9-7-15(8-10-16)22(25)26/h7-10H,6,11-14H2,1-5H3,(H,21,24). The SMILES string of the molecule is CCOC(=O)CCC(C)(C)CC(C)(C)CNC(=O)Oc1ccc([N+](=O)[O-])cc1. The number of nitrogens with one attached hydrogen (secondary N) is 1. The number of amides is 1. The second-order valence-corrected chi connectivity index (χ2v) is 8.30. The van der Waals surface area contributed by atoms with Gasteiger partial charge < -0.3 is 14.8 Å². The van der Waals surface area contributed by atoms with Gasteiger partial charge in [-0.2, -0.15) is 0 Å². The number of rotatable bonds is 10. The van der Waals surface area contributed by atoms with E-state index in [1.54, 1.807) is 6.92 Å². The van der Waals surface area contributed by atoms with E-state index in [0.717, 1.165) is 6.42 Å². The zero-order chi connectivity index (χ0) is 21.4. The summed E-state index contributed by atoms with van der Waals surface area (Å²) in [5, 5.41) is 13.4. The molecule has 0 aliphatic rings. The Kier molecular flexibility index (Phi) is 8.40. The maximum Gasteiger partial charge on any atom is 0.412 e. The number of carbonyl (C=O) groups is 2. The van der Waals surface area contributed by atoms with Gasteiger partial charge in [0.25, 0.3) is 5.69 Å². The lowest BCUT2D eigenvalue weighted by Crippen LogP contribution is -2.38. The van der Waals surface area contributed by atoms with Gasteiger partial charge in [-0.25, -0.2) is 4.79 Å². The molecular formula is C20H30N2O6. The van der Waals surface area contributed by atoms with Gasteiger partial charge >= 0.3 is 12.1 Å². The fourth-order valence-corrected chi connectivity index (χ4v) is 3.21. The molecule has 0 saturated carbocycles. The van der Waals surface area contributed by atoms with E-state index in [9.17, 15) is 19.7 Å². The van der Waals surface area contributed by atoms with Crippen LogP contribution in [0.1, 0.15) is 53.9 Å². The second-order valence-electron chi connectivity index (χ2n) is 8.30.